The largest absolute Gasteiger partial charge is 0.0683 e. The molecule has 0 saturated heterocycles. The maximum absolute atomic E-state index is 2.25. The van der Waals surface area contributed by atoms with E-state index >= 15 is 0 Å². The number of benzene rings is 24. The Morgan fingerprint density at radius 2 is 0.164 bits per heavy atom. The van der Waals surface area contributed by atoms with Crippen molar-refractivity contribution in [2.75, 3.05) is 0 Å². The average molecular weight is 1690 g/mol. The van der Waals surface area contributed by atoms with Crippen LogP contribution < -0.4 is 0 Å². The number of hydrogen-bond donors (Lipinski definition) is 0. The second-order valence-corrected chi connectivity index (χ2v) is 26.5. The third-order valence-corrected chi connectivity index (χ3v) is 20.8. The molecule has 24 aromatic carbocycles. The molecule has 0 aliphatic rings. The molecule has 0 amide bonds. The standard InChI is InChI=1S/2C20H12.2C16H10.2C14H10.14C2H6/c2*1-5-13-6-2-11-17-18-12-4-8-14-7-3-10-16(20(14)18)15(9-1)19(13)17;2*1-3-11-7-9-13-5-2-6-14-10-8-12(4-1)15(11)16(13)14;2*1-2-6-12-10-14-8-4-3-7-13(14)9-11(12)5-1;14*1-2/h2*1-12H;2*1-10H;2*1-10H;14*1-2H3. The number of fused-ring (bicyclic) bond motifs is 8. The Hall–Kier alpha value is -13.0. The van der Waals surface area contributed by atoms with E-state index in [1.807, 2.05) is 194 Å². The van der Waals surface area contributed by atoms with Gasteiger partial charge in [-0.3, -0.25) is 0 Å². The highest BCUT2D eigenvalue weighted by Crippen LogP contribution is 2.43. The van der Waals surface area contributed by atoms with Gasteiger partial charge in [0.25, 0.3) is 0 Å². The third kappa shape index (κ3) is 24.0. The van der Waals surface area contributed by atoms with Gasteiger partial charge in [0, 0.05) is 0 Å². The van der Waals surface area contributed by atoms with Crippen LogP contribution >= 0.6 is 0 Å². The minimum atomic E-state index is 1.31. The smallest absolute Gasteiger partial charge is 0.00264 e. The molecule has 0 unspecified atom stereocenters. The Morgan fingerprint density at radius 1 is 0.0781 bits per heavy atom. The van der Waals surface area contributed by atoms with E-state index in [1.165, 1.54) is 194 Å². The molecule has 0 aliphatic carbocycles. The molecule has 24 aromatic rings. The van der Waals surface area contributed by atoms with Crippen molar-refractivity contribution in [3.63, 3.8) is 0 Å². The van der Waals surface area contributed by atoms with Crippen molar-refractivity contribution in [3.05, 3.63) is 388 Å². The monoisotopic (exact) mass is 1690 g/mol. The highest BCUT2D eigenvalue weighted by Gasteiger charge is 2.15. The lowest BCUT2D eigenvalue weighted by Crippen LogP contribution is -1.85. The Labute approximate surface area is 770 Å². The van der Waals surface area contributed by atoms with Crippen LogP contribution in [0.25, 0.3) is 194 Å². The summed E-state index contributed by atoms with van der Waals surface area (Å²) >= 11 is 0. The number of hydrogen-bond acceptors (Lipinski definition) is 0. The van der Waals surface area contributed by atoms with Crippen molar-refractivity contribution in [2.24, 2.45) is 0 Å². The predicted octanol–water partition coefficient (Wildman–Crippen LogP) is 43.0. The summed E-state index contributed by atoms with van der Waals surface area (Å²) in [5, 5.41) is 48.5. The van der Waals surface area contributed by atoms with Crippen LogP contribution in [0.15, 0.2) is 388 Å². The van der Waals surface area contributed by atoms with Crippen molar-refractivity contribution in [1.29, 1.82) is 0 Å². The molecule has 128 heavy (non-hydrogen) atoms. The van der Waals surface area contributed by atoms with Gasteiger partial charge in [0.1, 0.15) is 0 Å². The van der Waals surface area contributed by atoms with Crippen LogP contribution in [0.3, 0.4) is 0 Å². The Morgan fingerprint density at radius 3 is 0.273 bits per heavy atom. The Bertz CT molecular complexity index is 5920. The van der Waals surface area contributed by atoms with Crippen LogP contribution in [0.1, 0.15) is 194 Å². The fourth-order valence-electron chi connectivity index (χ4n) is 16.3. The van der Waals surface area contributed by atoms with E-state index in [0.29, 0.717) is 0 Å². The zero-order valence-corrected chi connectivity index (χ0v) is 83.0. The minimum absolute atomic E-state index is 1.31. The van der Waals surface area contributed by atoms with E-state index in [2.05, 4.69) is 388 Å². The van der Waals surface area contributed by atoms with Gasteiger partial charge in [0.2, 0.25) is 0 Å². The zero-order valence-electron chi connectivity index (χ0n) is 83.0. The molecule has 0 heterocycles. The van der Waals surface area contributed by atoms with Gasteiger partial charge < -0.3 is 0 Å². The van der Waals surface area contributed by atoms with Gasteiger partial charge in [0.15, 0.2) is 0 Å². The molecule has 660 valence electrons. The van der Waals surface area contributed by atoms with Crippen molar-refractivity contribution in [1.82, 2.24) is 0 Å². The average Bonchev–Trinajstić information content (AvgIpc) is 0.726. The summed E-state index contributed by atoms with van der Waals surface area (Å²) in [5.41, 5.74) is 0. The van der Waals surface area contributed by atoms with Crippen molar-refractivity contribution in [2.45, 2.75) is 194 Å². The summed E-state index contributed by atoms with van der Waals surface area (Å²) in [7, 11) is 0. The fraction of sp³-hybridized carbons (Fsp3) is 0.219. The van der Waals surface area contributed by atoms with Crippen LogP contribution in [0.5, 0.6) is 0 Å². The molecular formula is C128H148. The van der Waals surface area contributed by atoms with Gasteiger partial charge in [-0.15, -0.1) is 0 Å². The molecule has 0 radical (unpaired) electrons. The normalized spacial score (nSPS) is 9.72. The van der Waals surface area contributed by atoms with E-state index in [-0.39, 0.29) is 0 Å². The lowest BCUT2D eigenvalue weighted by molar-refractivity contribution is 1.50. The third-order valence-electron chi connectivity index (χ3n) is 20.8. The van der Waals surface area contributed by atoms with Crippen LogP contribution in [-0.4, -0.2) is 0 Å². The maximum Gasteiger partial charge on any atom is -0.00264 e. The molecule has 0 heteroatoms. The van der Waals surface area contributed by atoms with E-state index in [9.17, 15) is 0 Å². The Kier molecular flexibility index (Phi) is 47.5. The topological polar surface area (TPSA) is 0 Å². The second-order valence-electron chi connectivity index (χ2n) is 26.5. The summed E-state index contributed by atoms with van der Waals surface area (Å²) in [4.78, 5) is 0. The van der Waals surface area contributed by atoms with Gasteiger partial charge >= 0.3 is 0 Å². The van der Waals surface area contributed by atoms with E-state index < -0.39 is 0 Å². The first-order valence-corrected chi connectivity index (χ1v) is 48.7. The molecular weight excluding hydrogens is 1540 g/mol. The molecule has 24 rings (SSSR count). The Balaban J connectivity index is 0.000000259. The van der Waals surface area contributed by atoms with E-state index in [1.54, 1.807) is 0 Å². The lowest BCUT2D eigenvalue weighted by atomic mass is 9.90. The molecule has 0 aromatic heterocycles. The van der Waals surface area contributed by atoms with Crippen molar-refractivity contribution < 1.29 is 0 Å². The first kappa shape index (κ1) is 106. The van der Waals surface area contributed by atoms with Gasteiger partial charge in [-0.1, -0.05) is 558 Å². The molecule has 0 saturated carbocycles. The SMILES string of the molecule is CC.CC.CC.CC.CC.CC.CC.CC.CC.CC.CC.CC.CC.CC.c1cc2ccc3cccc4ccc(c1)c2c34.c1cc2ccc3cccc4ccc(c1)c2c34.c1cc2cccc3c4cccc5cccc(c(c1)c23)c54.c1cc2cccc3c4cccc5cccc(c(c1)c23)c54.c1ccc2cc3ccccc3cc2c1.c1ccc2cc3ccccc3cc2c1. The van der Waals surface area contributed by atoms with Gasteiger partial charge in [0.05, 0.1) is 0 Å². The molecule has 0 atom stereocenters. The highest BCUT2D eigenvalue weighted by molar-refractivity contribution is 6.34. The molecule has 0 spiro atoms. The van der Waals surface area contributed by atoms with E-state index in [4.69, 9.17) is 0 Å². The predicted molar refractivity (Wildman–Crippen MR) is 597 cm³/mol. The van der Waals surface area contributed by atoms with Crippen LogP contribution in [0, 0.1) is 0 Å². The first-order valence-electron chi connectivity index (χ1n) is 48.7. The maximum atomic E-state index is 2.25. The fourth-order valence-corrected chi connectivity index (χ4v) is 16.3. The first-order chi connectivity index (χ1) is 63.6. The minimum Gasteiger partial charge on any atom is -0.0683 e. The molecule has 0 nitrogen and oxygen atoms in total. The molecule has 0 bridgehead atoms. The van der Waals surface area contributed by atoms with Gasteiger partial charge in [-0.25, -0.2) is 0 Å². The summed E-state index contributed by atoms with van der Waals surface area (Å²) in [6, 6.07) is 139. The molecule has 0 fully saturated rings. The zero-order chi connectivity index (χ0) is 94.0. The summed E-state index contributed by atoms with van der Waals surface area (Å²) in [6.45, 7) is 56.0. The van der Waals surface area contributed by atoms with Gasteiger partial charge in [-0.05, 0) is 218 Å². The van der Waals surface area contributed by atoms with Gasteiger partial charge in [-0.2, -0.15) is 0 Å². The number of rotatable bonds is 0. The summed E-state index contributed by atoms with van der Waals surface area (Å²) in [6.07, 6.45) is 0. The van der Waals surface area contributed by atoms with E-state index in [0.717, 1.165) is 0 Å². The van der Waals surface area contributed by atoms with Crippen LogP contribution in [0.2, 0.25) is 0 Å². The quantitative estimate of drug-likeness (QED) is 0.105. The van der Waals surface area contributed by atoms with Crippen molar-refractivity contribution >= 4 is 194 Å². The molecule has 0 aliphatic heterocycles. The highest BCUT2D eigenvalue weighted by atomic mass is 14.2. The van der Waals surface area contributed by atoms with Crippen LogP contribution in [-0.2, 0) is 0 Å². The van der Waals surface area contributed by atoms with Crippen LogP contribution in [0.4, 0.5) is 0 Å². The second kappa shape index (κ2) is 57.6. The lowest BCUT2D eigenvalue weighted by Gasteiger charge is -2.13. The molecule has 0 N–H and O–H groups in total. The van der Waals surface area contributed by atoms with Crippen molar-refractivity contribution in [3.8, 4) is 0 Å². The summed E-state index contributed by atoms with van der Waals surface area (Å²) < 4.78 is 0. The summed E-state index contributed by atoms with van der Waals surface area (Å²) in [5.74, 6) is 0.